The molecule has 2 aromatic carbocycles. The second kappa shape index (κ2) is 9.91. The highest BCUT2D eigenvalue weighted by atomic mass is 32.2. The molecular formula is C26H25FN4O5S. The van der Waals surface area contributed by atoms with Gasteiger partial charge in [0, 0.05) is 60.0 Å². The van der Waals surface area contributed by atoms with E-state index in [0.717, 1.165) is 6.26 Å². The number of amides is 1. The van der Waals surface area contributed by atoms with Crippen LogP contribution in [0.2, 0.25) is 0 Å². The Morgan fingerprint density at radius 3 is 2.51 bits per heavy atom. The molecule has 0 atom stereocenters. The van der Waals surface area contributed by atoms with Gasteiger partial charge in [0.05, 0.1) is 30.2 Å². The van der Waals surface area contributed by atoms with Crippen molar-refractivity contribution in [1.82, 2.24) is 19.4 Å². The number of carbonyl (C=O) groups excluding carboxylic acids is 1. The van der Waals surface area contributed by atoms with E-state index in [2.05, 4.69) is 9.97 Å². The van der Waals surface area contributed by atoms with Crippen LogP contribution in [0.1, 0.15) is 17.3 Å². The van der Waals surface area contributed by atoms with E-state index in [0.29, 0.717) is 60.7 Å². The Balaban J connectivity index is 1.57. The van der Waals surface area contributed by atoms with Gasteiger partial charge in [0.2, 0.25) is 5.95 Å². The number of sulfone groups is 1. The van der Waals surface area contributed by atoms with E-state index in [1.54, 1.807) is 35.2 Å². The highest BCUT2D eigenvalue weighted by Gasteiger charge is 2.23. The van der Waals surface area contributed by atoms with Gasteiger partial charge >= 0.3 is 0 Å². The number of aromatic nitrogens is 3. The Hall–Kier alpha value is -3.83. The fourth-order valence-electron chi connectivity index (χ4n) is 4.31. The maximum atomic E-state index is 14.5. The van der Waals surface area contributed by atoms with Crippen molar-refractivity contribution in [2.24, 2.45) is 0 Å². The molecule has 0 saturated carbocycles. The summed E-state index contributed by atoms with van der Waals surface area (Å²) in [5.41, 5.74) is 1.60. The van der Waals surface area contributed by atoms with Crippen molar-refractivity contribution < 1.29 is 27.1 Å². The van der Waals surface area contributed by atoms with Crippen LogP contribution in [-0.4, -0.2) is 72.9 Å². The van der Waals surface area contributed by atoms with Crippen molar-refractivity contribution in [3.05, 3.63) is 66.4 Å². The summed E-state index contributed by atoms with van der Waals surface area (Å²) in [4.78, 5) is 23.6. The van der Waals surface area contributed by atoms with Gasteiger partial charge in [-0.3, -0.25) is 9.36 Å². The molecule has 192 valence electrons. The van der Waals surface area contributed by atoms with Gasteiger partial charge in [-0.1, -0.05) is 6.07 Å². The summed E-state index contributed by atoms with van der Waals surface area (Å²) in [5.74, 6) is 0.0901. The van der Waals surface area contributed by atoms with Crippen LogP contribution >= 0.6 is 0 Å². The fraction of sp³-hybridized carbons (Fsp3) is 0.269. The molecule has 3 heterocycles. The van der Waals surface area contributed by atoms with Crippen molar-refractivity contribution in [2.75, 3.05) is 39.2 Å². The lowest BCUT2D eigenvalue weighted by Crippen LogP contribution is -2.40. The number of fused-ring (bicyclic) bond motifs is 1. The van der Waals surface area contributed by atoms with Crippen molar-refractivity contribution in [2.45, 2.75) is 11.8 Å². The first kappa shape index (κ1) is 24.8. The standard InChI is InChI=1S/C26H25FN4O5S/c1-3-36-19-5-7-22(27)21(13-19)18-14-28-26(29-15-18)31-16-24(37(2,33)34)20-6-4-17(12-23(20)31)25(32)30-8-10-35-11-9-30/h4-7,12-16H,3,8-11H2,1-2H3. The van der Waals surface area contributed by atoms with E-state index in [9.17, 15) is 17.6 Å². The number of rotatable bonds is 6. The fourth-order valence-corrected chi connectivity index (χ4v) is 5.17. The topological polar surface area (TPSA) is 104 Å². The average molecular weight is 525 g/mol. The largest absolute Gasteiger partial charge is 0.494 e. The zero-order valence-electron chi connectivity index (χ0n) is 20.3. The van der Waals surface area contributed by atoms with Crippen molar-refractivity contribution in [1.29, 1.82) is 0 Å². The van der Waals surface area contributed by atoms with Crippen LogP contribution in [0.5, 0.6) is 5.75 Å². The van der Waals surface area contributed by atoms with Crippen LogP contribution in [0.4, 0.5) is 4.39 Å². The molecular weight excluding hydrogens is 499 g/mol. The van der Waals surface area contributed by atoms with Gasteiger partial charge in [-0.05, 0) is 37.3 Å². The molecule has 11 heteroatoms. The second-order valence-corrected chi connectivity index (χ2v) is 10.6. The number of hydrogen-bond acceptors (Lipinski definition) is 7. The molecule has 2 aromatic heterocycles. The van der Waals surface area contributed by atoms with E-state index in [-0.39, 0.29) is 22.3 Å². The molecule has 1 aliphatic heterocycles. The summed E-state index contributed by atoms with van der Waals surface area (Å²) < 4.78 is 51.9. The second-order valence-electron chi connectivity index (χ2n) is 8.62. The molecule has 1 saturated heterocycles. The minimum absolute atomic E-state index is 0.0935. The SMILES string of the molecule is CCOc1ccc(F)c(-c2cnc(-n3cc(S(C)(=O)=O)c4ccc(C(=O)N5CCOCC5)cc43)nc2)c1. The Morgan fingerprint density at radius 2 is 1.84 bits per heavy atom. The first-order chi connectivity index (χ1) is 17.8. The van der Waals surface area contributed by atoms with Crippen LogP contribution in [-0.2, 0) is 14.6 Å². The average Bonchev–Trinajstić information content (AvgIpc) is 3.30. The summed E-state index contributed by atoms with van der Waals surface area (Å²) in [6.07, 6.45) is 5.49. The van der Waals surface area contributed by atoms with Crippen LogP contribution in [0.25, 0.3) is 28.0 Å². The minimum Gasteiger partial charge on any atom is -0.494 e. The Labute approximate surface area is 213 Å². The van der Waals surface area contributed by atoms with Crippen molar-refractivity contribution in [3.8, 4) is 22.8 Å². The minimum atomic E-state index is -3.59. The third-order valence-electron chi connectivity index (χ3n) is 6.13. The lowest BCUT2D eigenvalue weighted by atomic mass is 10.1. The number of carbonyl (C=O) groups is 1. The Kier molecular flexibility index (Phi) is 6.65. The quantitative estimate of drug-likeness (QED) is 0.380. The molecule has 0 aliphatic carbocycles. The van der Waals surface area contributed by atoms with Crippen molar-refractivity contribution >= 4 is 26.6 Å². The number of morpholine rings is 1. The van der Waals surface area contributed by atoms with Gasteiger partial charge in [0.25, 0.3) is 5.91 Å². The number of hydrogen-bond donors (Lipinski definition) is 0. The van der Waals surface area contributed by atoms with Gasteiger partial charge in [0.15, 0.2) is 9.84 Å². The molecule has 0 unspecified atom stereocenters. The summed E-state index contributed by atoms with van der Waals surface area (Å²) in [5, 5.41) is 0.448. The maximum absolute atomic E-state index is 14.5. The molecule has 1 aliphatic rings. The predicted octanol–water partition coefficient (Wildman–Crippen LogP) is 3.50. The normalized spacial score (nSPS) is 14.2. The summed E-state index contributed by atoms with van der Waals surface area (Å²) in [6.45, 7) is 4.19. The van der Waals surface area contributed by atoms with E-state index < -0.39 is 15.7 Å². The van der Waals surface area contributed by atoms with Gasteiger partial charge in [0.1, 0.15) is 11.6 Å². The monoisotopic (exact) mass is 524 g/mol. The highest BCUT2D eigenvalue weighted by Crippen LogP contribution is 2.30. The number of halogens is 1. The maximum Gasteiger partial charge on any atom is 0.254 e. The number of nitrogens with zero attached hydrogens (tertiary/aromatic N) is 4. The lowest BCUT2D eigenvalue weighted by Gasteiger charge is -2.26. The van der Waals surface area contributed by atoms with Crippen LogP contribution in [0.15, 0.2) is 59.9 Å². The molecule has 1 fully saturated rings. The third kappa shape index (κ3) is 4.92. The summed E-state index contributed by atoms with van der Waals surface area (Å²) in [6, 6.07) is 9.33. The van der Waals surface area contributed by atoms with Gasteiger partial charge in [-0.25, -0.2) is 22.8 Å². The van der Waals surface area contributed by atoms with Crippen LogP contribution < -0.4 is 4.74 Å². The van der Waals surface area contributed by atoms with E-state index in [1.165, 1.54) is 29.2 Å². The third-order valence-corrected chi connectivity index (χ3v) is 7.25. The lowest BCUT2D eigenvalue weighted by molar-refractivity contribution is 0.0303. The zero-order valence-corrected chi connectivity index (χ0v) is 21.2. The van der Waals surface area contributed by atoms with Gasteiger partial charge in [-0.2, -0.15) is 0 Å². The molecule has 0 radical (unpaired) electrons. The summed E-state index contributed by atoms with van der Waals surface area (Å²) in [7, 11) is -3.59. The number of benzene rings is 2. The molecule has 37 heavy (non-hydrogen) atoms. The number of ether oxygens (including phenoxy) is 2. The van der Waals surface area contributed by atoms with E-state index >= 15 is 0 Å². The molecule has 9 nitrogen and oxygen atoms in total. The first-order valence-electron chi connectivity index (χ1n) is 11.7. The van der Waals surface area contributed by atoms with Crippen molar-refractivity contribution in [3.63, 3.8) is 0 Å². The Morgan fingerprint density at radius 1 is 1.11 bits per heavy atom. The molecule has 0 bridgehead atoms. The van der Waals surface area contributed by atoms with Gasteiger partial charge < -0.3 is 14.4 Å². The Bertz CT molecular complexity index is 1580. The highest BCUT2D eigenvalue weighted by molar-refractivity contribution is 7.91. The predicted molar refractivity (Wildman–Crippen MR) is 135 cm³/mol. The van der Waals surface area contributed by atoms with Crippen LogP contribution in [0, 0.1) is 5.82 Å². The zero-order chi connectivity index (χ0) is 26.2. The first-order valence-corrected chi connectivity index (χ1v) is 13.6. The van der Waals surface area contributed by atoms with Crippen LogP contribution in [0.3, 0.4) is 0 Å². The van der Waals surface area contributed by atoms with Gasteiger partial charge in [-0.15, -0.1) is 0 Å². The van der Waals surface area contributed by atoms with E-state index in [1.807, 2.05) is 6.92 Å². The molecule has 1 amide bonds. The molecule has 5 rings (SSSR count). The van der Waals surface area contributed by atoms with E-state index in [4.69, 9.17) is 9.47 Å². The molecule has 4 aromatic rings. The molecule has 0 N–H and O–H groups in total. The smallest absolute Gasteiger partial charge is 0.254 e. The molecule has 0 spiro atoms. The summed E-state index contributed by atoms with van der Waals surface area (Å²) >= 11 is 0.